The molecule has 0 fully saturated rings. The van der Waals surface area contributed by atoms with Crippen LogP contribution in [0.3, 0.4) is 0 Å². The molecule has 0 bridgehead atoms. The van der Waals surface area contributed by atoms with Crippen LogP contribution in [-0.4, -0.2) is 25.1 Å². The Morgan fingerprint density at radius 3 is 2.38 bits per heavy atom. The largest absolute Gasteiger partial charge is 0.276 e. The number of benzene rings is 3. The van der Waals surface area contributed by atoms with Gasteiger partial charge in [0.15, 0.2) is 0 Å². The molecular weight excluding hydrogens is 438 g/mol. The number of nitrogens with one attached hydrogen (secondary N) is 1. The van der Waals surface area contributed by atoms with E-state index in [1.165, 1.54) is 0 Å². The molecule has 0 radical (unpaired) electrons. The summed E-state index contributed by atoms with van der Waals surface area (Å²) >= 11 is 1.64. The first-order valence-electron chi connectivity index (χ1n) is 11.0. The van der Waals surface area contributed by atoms with Crippen LogP contribution in [0.4, 0.5) is 0 Å². The second kappa shape index (κ2) is 7.57. The SMILES string of the molecule is c1ccc2ncc(-c3ccc4ncc5[nH]nc(-c6ccc(-c7nccs7)cc6)c5c4c3)cc2c1. The molecule has 7 aromatic rings. The maximum atomic E-state index is 4.66. The van der Waals surface area contributed by atoms with Crippen LogP contribution in [0.25, 0.3) is 65.7 Å². The van der Waals surface area contributed by atoms with Crippen LogP contribution in [0.1, 0.15) is 0 Å². The highest BCUT2D eigenvalue weighted by molar-refractivity contribution is 7.13. The summed E-state index contributed by atoms with van der Waals surface area (Å²) in [4.78, 5) is 13.7. The number of fused-ring (bicyclic) bond motifs is 4. The van der Waals surface area contributed by atoms with Crippen molar-refractivity contribution in [3.63, 3.8) is 0 Å². The minimum Gasteiger partial charge on any atom is -0.276 e. The third-order valence-corrected chi connectivity index (χ3v) is 6.98. The van der Waals surface area contributed by atoms with Gasteiger partial charge in [0.1, 0.15) is 10.7 Å². The number of thiazole rings is 1. The number of aromatic amines is 1. The normalized spacial score (nSPS) is 11.5. The molecule has 0 aliphatic rings. The van der Waals surface area contributed by atoms with E-state index < -0.39 is 0 Å². The Bertz CT molecular complexity index is 1800. The minimum atomic E-state index is 0.917. The zero-order valence-corrected chi connectivity index (χ0v) is 18.8. The van der Waals surface area contributed by atoms with Crippen molar-refractivity contribution in [3.8, 4) is 33.0 Å². The molecule has 0 atom stereocenters. The number of hydrogen-bond donors (Lipinski definition) is 1. The van der Waals surface area contributed by atoms with Crippen LogP contribution in [0, 0.1) is 0 Å². The van der Waals surface area contributed by atoms with Crippen molar-refractivity contribution in [2.24, 2.45) is 0 Å². The van der Waals surface area contributed by atoms with Gasteiger partial charge in [-0.05, 0) is 29.8 Å². The van der Waals surface area contributed by atoms with Crippen molar-refractivity contribution < 1.29 is 0 Å². The summed E-state index contributed by atoms with van der Waals surface area (Å²) < 4.78 is 0. The van der Waals surface area contributed by atoms with Gasteiger partial charge in [0, 0.05) is 50.6 Å². The fraction of sp³-hybridized carbons (Fsp3) is 0. The highest BCUT2D eigenvalue weighted by Gasteiger charge is 2.14. The number of pyridine rings is 2. The van der Waals surface area contributed by atoms with Crippen LogP contribution in [0.5, 0.6) is 0 Å². The van der Waals surface area contributed by atoms with Crippen molar-refractivity contribution in [2.45, 2.75) is 0 Å². The molecule has 34 heavy (non-hydrogen) atoms. The Labute approximate surface area is 198 Å². The fourth-order valence-corrected chi connectivity index (χ4v) is 5.10. The van der Waals surface area contributed by atoms with Gasteiger partial charge >= 0.3 is 0 Å². The maximum Gasteiger partial charge on any atom is 0.123 e. The molecule has 0 aliphatic heterocycles. The van der Waals surface area contributed by atoms with Crippen LogP contribution in [0.15, 0.2) is 96.8 Å². The summed E-state index contributed by atoms with van der Waals surface area (Å²) in [7, 11) is 0. The molecule has 4 heterocycles. The van der Waals surface area contributed by atoms with Gasteiger partial charge in [-0.25, -0.2) is 4.98 Å². The molecule has 1 N–H and O–H groups in total. The molecular formula is C28H17N5S. The van der Waals surface area contributed by atoms with E-state index in [4.69, 9.17) is 0 Å². The molecule has 0 saturated heterocycles. The number of hydrogen-bond acceptors (Lipinski definition) is 5. The summed E-state index contributed by atoms with van der Waals surface area (Å²) in [5, 5.41) is 14.1. The molecule has 0 amide bonds. The predicted molar refractivity (Wildman–Crippen MR) is 139 cm³/mol. The fourth-order valence-electron chi connectivity index (χ4n) is 4.46. The quantitative estimate of drug-likeness (QED) is 0.308. The second-order valence-corrected chi connectivity index (χ2v) is 9.08. The van der Waals surface area contributed by atoms with Crippen molar-refractivity contribution in [1.82, 2.24) is 25.1 Å². The lowest BCUT2D eigenvalue weighted by Gasteiger charge is -2.07. The van der Waals surface area contributed by atoms with Crippen LogP contribution in [0.2, 0.25) is 0 Å². The highest BCUT2D eigenvalue weighted by atomic mass is 32.1. The Kier molecular flexibility index (Phi) is 4.25. The third kappa shape index (κ3) is 3.08. The first kappa shape index (κ1) is 19.1. The van der Waals surface area contributed by atoms with E-state index >= 15 is 0 Å². The first-order valence-corrected chi connectivity index (χ1v) is 11.8. The topological polar surface area (TPSA) is 67.3 Å². The van der Waals surface area contributed by atoms with Gasteiger partial charge < -0.3 is 0 Å². The number of rotatable bonds is 3. The van der Waals surface area contributed by atoms with Crippen molar-refractivity contribution in [1.29, 1.82) is 0 Å². The summed E-state index contributed by atoms with van der Waals surface area (Å²) in [5.41, 5.74) is 8.11. The molecule has 0 spiro atoms. The van der Waals surface area contributed by atoms with E-state index in [-0.39, 0.29) is 0 Å². The van der Waals surface area contributed by atoms with Gasteiger partial charge in [0.25, 0.3) is 0 Å². The highest BCUT2D eigenvalue weighted by Crippen LogP contribution is 2.35. The Hall–Kier alpha value is -4.42. The zero-order chi connectivity index (χ0) is 22.5. The monoisotopic (exact) mass is 455 g/mol. The van der Waals surface area contributed by atoms with Crippen LogP contribution in [-0.2, 0) is 0 Å². The Morgan fingerprint density at radius 1 is 0.676 bits per heavy atom. The first-order chi connectivity index (χ1) is 16.8. The molecule has 7 rings (SSSR count). The van der Waals surface area contributed by atoms with Crippen molar-refractivity contribution >= 4 is 44.0 Å². The van der Waals surface area contributed by atoms with Gasteiger partial charge in [0.2, 0.25) is 0 Å². The summed E-state index contributed by atoms with van der Waals surface area (Å²) in [5.74, 6) is 0. The maximum absolute atomic E-state index is 4.66. The smallest absolute Gasteiger partial charge is 0.123 e. The molecule has 4 aromatic heterocycles. The van der Waals surface area contributed by atoms with E-state index in [1.807, 2.05) is 42.2 Å². The van der Waals surface area contributed by atoms with Crippen molar-refractivity contribution in [3.05, 3.63) is 96.8 Å². The average molecular weight is 456 g/mol. The lowest BCUT2D eigenvalue weighted by molar-refractivity contribution is 1.12. The average Bonchev–Trinajstić information content (AvgIpc) is 3.59. The van der Waals surface area contributed by atoms with Gasteiger partial charge in [-0.1, -0.05) is 48.5 Å². The molecule has 0 aliphatic carbocycles. The van der Waals surface area contributed by atoms with Gasteiger partial charge in [0.05, 0.1) is 22.7 Å². The van der Waals surface area contributed by atoms with E-state index in [2.05, 4.69) is 79.7 Å². The van der Waals surface area contributed by atoms with Crippen LogP contribution < -0.4 is 0 Å². The Balaban J connectivity index is 1.39. The number of para-hydroxylation sites is 1. The lowest BCUT2D eigenvalue weighted by atomic mass is 9.99. The third-order valence-electron chi connectivity index (χ3n) is 6.15. The predicted octanol–water partition coefficient (Wildman–Crippen LogP) is 7.12. The van der Waals surface area contributed by atoms with E-state index in [0.29, 0.717) is 0 Å². The summed E-state index contributed by atoms with van der Waals surface area (Å²) in [6.07, 6.45) is 5.62. The van der Waals surface area contributed by atoms with E-state index in [9.17, 15) is 0 Å². The molecule has 160 valence electrons. The number of aromatic nitrogens is 5. The van der Waals surface area contributed by atoms with Crippen LogP contribution >= 0.6 is 11.3 Å². The summed E-state index contributed by atoms with van der Waals surface area (Å²) in [6, 6.07) is 25.2. The van der Waals surface area contributed by atoms with Gasteiger partial charge in [-0.2, -0.15) is 5.10 Å². The molecule has 0 unspecified atom stereocenters. The minimum absolute atomic E-state index is 0.917. The molecule has 0 saturated carbocycles. The molecule has 3 aromatic carbocycles. The zero-order valence-electron chi connectivity index (χ0n) is 17.9. The lowest BCUT2D eigenvalue weighted by Crippen LogP contribution is -1.86. The van der Waals surface area contributed by atoms with E-state index in [0.717, 1.165) is 65.7 Å². The second-order valence-electron chi connectivity index (χ2n) is 8.18. The van der Waals surface area contributed by atoms with Crippen molar-refractivity contribution in [2.75, 3.05) is 0 Å². The standard InChI is InChI=1S/C28H17N5S/c1-2-4-23-20(3-1)13-21(15-30-23)19-9-10-24-22(14-19)26-25(16-31-24)32-33-27(26)17-5-7-18(8-6-17)28-29-11-12-34-28/h1-16H,(H,32,33). The number of H-pyrrole nitrogens is 1. The summed E-state index contributed by atoms with van der Waals surface area (Å²) in [6.45, 7) is 0. The van der Waals surface area contributed by atoms with Gasteiger partial charge in [-0.3, -0.25) is 15.1 Å². The Morgan fingerprint density at radius 2 is 1.50 bits per heavy atom. The molecule has 6 heteroatoms. The molecule has 5 nitrogen and oxygen atoms in total. The van der Waals surface area contributed by atoms with Gasteiger partial charge in [-0.15, -0.1) is 11.3 Å². The number of nitrogens with zero attached hydrogens (tertiary/aromatic N) is 4. The van der Waals surface area contributed by atoms with E-state index in [1.54, 1.807) is 11.3 Å².